The molecule has 1 fully saturated rings. The number of nitrogens with zero attached hydrogens (tertiary/aromatic N) is 3. The van der Waals surface area contributed by atoms with Gasteiger partial charge in [-0.3, -0.25) is 0 Å². The summed E-state index contributed by atoms with van der Waals surface area (Å²) in [6.07, 6.45) is -1.71. The summed E-state index contributed by atoms with van der Waals surface area (Å²) >= 11 is 1.47. The molecule has 146 valence electrons. The van der Waals surface area contributed by atoms with Crippen LogP contribution in [0.5, 0.6) is 0 Å². The maximum absolute atomic E-state index is 12.8. The third kappa shape index (κ3) is 3.71. The number of alkyl halides is 3. The van der Waals surface area contributed by atoms with Gasteiger partial charge >= 0.3 is 6.18 Å². The van der Waals surface area contributed by atoms with Gasteiger partial charge in [-0.1, -0.05) is 6.07 Å². The van der Waals surface area contributed by atoms with Crippen LogP contribution < -0.4 is 11.1 Å². The van der Waals surface area contributed by atoms with Crippen LogP contribution in [-0.4, -0.2) is 28.2 Å². The second kappa shape index (κ2) is 6.80. The van der Waals surface area contributed by atoms with E-state index in [1.54, 1.807) is 12.3 Å². The molecule has 1 aliphatic rings. The van der Waals surface area contributed by atoms with Crippen molar-refractivity contribution in [2.75, 3.05) is 18.5 Å². The molecule has 0 unspecified atom stereocenters. The van der Waals surface area contributed by atoms with Gasteiger partial charge in [0.15, 0.2) is 0 Å². The van der Waals surface area contributed by atoms with Crippen LogP contribution in [-0.2, 0) is 16.5 Å². The second-order valence-electron chi connectivity index (χ2n) is 6.65. The Bertz CT molecular complexity index is 1020. The van der Waals surface area contributed by atoms with Crippen molar-refractivity contribution in [2.45, 2.75) is 18.6 Å². The summed E-state index contributed by atoms with van der Waals surface area (Å²) < 4.78 is 43.7. The Morgan fingerprint density at radius 2 is 2.00 bits per heavy atom. The van der Waals surface area contributed by atoms with Gasteiger partial charge in [0.25, 0.3) is 0 Å². The lowest BCUT2D eigenvalue weighted by molar-refractivity contribution is -0.141. The van der Waals surface area contributed by atoms with Crippen LogP contribution in [0.4, 0.5) is 24.8 Å². The van der Waals surface area contributed by atoms with Gasteiger partial charge in [-0.05, 0) is 36.2 Å². The van der Waals surface area contributed by atoms with Crippen LogP contribution >= 0.6 is 11.3 Å². The first-order chi connectivity index (χ1) is 13.2. The first-order valence-electron chi connectivity index (χ1n) is 8.35. The van der Waals surface area contributed by atoms with Crippen LogP contribution in [0.15, 0.2) is 36.7 Å². The number of aromatic nitrogens is 3. The fourth-order valence-electron chi connectivity index (χ4n) is 2.79. The number of aryl methyl sites for hydroxylation is 1. The molecule has 3 heterocycles. The van der Waals surface area contributed by atoms with Gasteiger partial charge in [-0.25, -0.2) is 15.0 Å². The molecular weight excluding hydrogens is 391 g/mol. The van der Waals surface area contributed by atoms with E-state index in [9.17, 15) is 13.2 Å². The zero-order valence-electron chi connectivity index (χ0n) is 14.7. The molecule has 0 amide bonds. The smallest absolute Gasteiger partial charge is 0.377 e. The molecule has 2 aromatic heterocycles. The summed E-state index contributed by atoms with van der Waals surface area (Å²) in [5, 5.41) is 3.64. The normalized spacial score (nSPS) is 15.9. The SMILES string of the molecule is Cc1cc(Nc2nccc(C(F)(F)F)n2)cc(-c2cnc(C3(N)COC3)s2)c1. The van der Waals surface area contributed by atoms with Crippen molar-refractivity contribution < 1.29 is 17.9 Å². The monoisotopic (exact) mass is 407 g/mol. The third-order valence-corrected chi connectivity index (χ3v) is 5.48. The van der Waals surface area contributed by atoms with Crippen molar-refractivity contribution in [1.29, 1.82) is 0 Å². The third-order valence-electron chi connectivity index (χ3n) is 4.21. The number of anilines is 2. The Kier molecular flexibility index (Phi) is 4.56. The Morgan fingerprint density at radius 3 is 2.68 bits per heavy atom. The molecule has 0 aliphatic carbocycles. The molecule has 28 heavy (non-hydrogen) atoms. The fraction of sp³-hybridized carbons (Fsp3) is 0.278. The number of hydrogen-bond donors (Lipinski definition) is 2. The summed E-state index contributed by atoms with van der Waals surface area (Å²) in [4.78, 5) is 12.7. The van der Waals surface area contributed by atoms with Crippen LogP contribution in [0.25, 0.3) is 10.4 Å². The minimum atomic E-state index is -4.53. The lowest BCUT2D eigenvalue weighted by Gasteiger charge is -2.35. The zero-order chi connectivity index (χ0) is 19.9. The highest BCUT2D eigenvalue weighted by Crippen LogP contribution is 2.36. The first-order valence-corrected chi connectivity index (χ1v) is 9.17. The van der Waals surface area contributed by atoms with E-state index in [0.717, 1.165) is 33.3 Å². The number of nitrogens with one attached hydrogen (secondary N) is 1. The highest BCUT2D eigenvalue weighted by Gasteiger charge is 2.39. The van der Waals surface area contributed by atoms with Crippen LogP contribution in [0, 0.1) is 6.92 Å². The maximum atomic E-state index is 12.8. The molecule has 1 saturated heterocycles. The molecule has 4 rings (SSSR count). The van der Waals surface area contributed by atoms with Crippen molar-refractivity contribution in [3.8, 4) is 10.4 Å². The van der Waals surface area contributed by atoms with E-state index in [1.807, 2.05) is 19.1 Å². The molecular formula is C18H16F3N5OS. The van der Waals surface area contributed by atoms with Crippen molar-refractivity contribution >= 4 is 23.0 Å². The number of hydrogen-bond acceptors (Lipinski definition) is 7. The number of ether oxygens (including phenoxy) is 1. The predicted molar refractivity (Wildman–Crippen MR) is 99.3 cm³/mol. The Balaban J connectivity index is 1.61. The van der Waals surface area contributed by atoms with Gasteiger partial charge in [-0.2, -0.15) is 13.2 Å². The Hall–Kier alpha value is -2.56. The largest absolute Gasteiger partial charge is 0.433 e. The van der Waals surface area contributed by atoms with Crippen LogP contribution in [0.1, 0.15) is 16.3 Å². The van der Waals surface area contributed by atoms with Gasteiger partial charge in [0.05, 0.1) is 18.1 Å². The average molecular weight is 407 g/mol. The molecule has 1 aromatic carbocycles. The van der Waals surface area contributed by atoms with Gasteiger partial charge in [0.1, 0.15) is 16.2 Å². The molecule has 10 heteroatoms. The summed E-state index contributed by atoms with van der Waals surface area (Å²) in [6, 6.07) is 6.42. The van der Waals surface area contributed by atoms with E-state index in [1.165, 1.54) is 11.3 Å². The van der Waals surface area contributed by atoms with E-state index in [2.05, 4.69) is 20.3 Å². The van der Waals surface area contributed by atoms with E-state index in [4.69, 9.17) is 10.5 Å². The lowest BCUT2D eigenvalue weighted by Crippen LogP contribution is -2.54. The van der Waals surface area contributed by atoms with Crippen molar-refractivity contribution in [1.82, 2.24) is 15.0 Å². The minimum absolute atomic E-state index is 0.121. The Morgan fingerprint density at radius 1 is 1.21 bits per heavy atom. The molecule has 3 N–H and O–H groups in total. The van der Waals surface area contributed by atoms with Crippen molar-refractivity contribution in [3.05, 3.63) is 52.9 Å². The minimum Gasteiger partial charge on any atom is -0.377 e. The average Bonchev–Trinajstić information content (AvgIpc) is 3.09. The molecule has 0 saturated carbocycles. The zero-order valence-corrected chi connectivity index (χ0v) is 15.6. The molecule has 0 bridgehead atoms. The molecule has 6 nitrogen and oxygen atoms in total. The van der Waals surface area contributed by atoms with Crippen LogP contribution in [0.2, 0.25) is 0 Å². The molecule has 1 aliphatic heterocycles. The van der Waals surface area contributed by atoms with Gasteiger partial charge in [0, 0.05) is 18.1 Å². The summed E-state index contributed by atoms with van der Waals surface area (Å²) in [5.41, 5.74) is 7.07. The van der Waals surface area contributed by atoms with Crippen molar-refractivity contribution in [2.24, 2.45) is 5.73 Å². The van der Waals surface area contributed by atoms with E-state index < -0.39 is 17.4 Å². The molecule has 0 spiro atoms. The summed E-state index contributed by atoms with van der Waals surface area (Å²) in [7, 11) is 0. The van der Waals surface area contributed by atoms with Crippen molar-refractivity contribution in [3.63, 3.8) is 0 Å². The first kappa shape index (κ1) is 18.8. The van der Waals surface area contributed by atoms with Crippen LogP contribution in [0.3, 0.4) is 0 Å². The van der Waals surface area contributed by atoms with E-state index in [0.29, 0.717) is 18.9 Å². The standard InChI is InChI=1S/C18H16F3N5OS/c1-10-4-11(13-7-24-15(28-13)17(22)8-27-9-17)6-12(5-10)25-16-23-3-2-14(26-16)18(19,20)21/h2-7H,8-9,22H2,1H3,(H,23,25,26). The summed E-state index contributed by atoms with van der Waals surface area (Å²) in [5.74, 6) is -0.121. The van der Waals surface area contributed by atoms with Gasteiger partial charge in [0.2, 0.25) is 5.95 Å². The predicted octanol–water partition coefficient (Wildman–Crippen LogP) is 3.86. The number of nitrogens with two attached hydrogens (primary N) is 1. The van der Waals surface area contributed by atoms with Gasteiger partial charge in [-0.15, -0.1) is 11.3 Å². The van der Waals surface area contributed by atoms with Gasteiger partial charge < -0.3 is 15.8 Å². The topological polar surface area (TPSA) is 86.0 Å². The molecule has 0 atom stereocenters. The van der Waals surface area contributed by atoms with E-state index >= 15 is 0 Å². The highest BCUT2D eigenvalue weighted by atomic mass is 32.1. The quantitative estimate of drug-likeness (QED) is 0.683. The Labute approximate surface area is 162 Å². The second-order valence-corrected chi connectivity index (χ2v) is 7.69. The summed E-state index contributed by atoms with van der Waals surface area (Å²) in [6.45, 7) is 2.77. The number of thiazole rings is 1. The lowest BCUT2D eigenvalue weighted by atomic mass is 10.0. The highest BCUT2D eigenvalue weighted by molar-refractivity contribution is 7.15. The molecule has 3 aromatic rings. The molecule has 0 radical (unpaired) electrons. The van der Waals surface area contributed by atoms with E-state index in [-0.39, 0.29) is 5.95 Å². The number of halogens is 3. The number of benzene rings is 1. The fourth-order valence-corrected chi connectivity index (χ4v) is 3.76. The number of rotatable bonds is 4. The maximum Gasteiger partial charge on any atom is 0.433 e.